The molecule has 0 aromatic heterocycles. The molecule has 0 saturated carbocycles. The van der Waals surface area contributed by atoms with E-state index in [1.54, 1.807) is 0 Å². The van der Waals surface area contributed by atoms with E-state index < -0.39 is 152 Å². The van der Waals surface area contributed by atoms with Crippen LogP contribution in [0.15, 0.2) is 48.5 Å². The molecule has 22 nitrogen and oxygen atoms in total. The Morgan fingerprint density at radius 1 is 0.411 bits per heavy atom. The third-order valence-corrected chi connectivity index (χ3v) is 7.95. The number of phenolic OH excluding ortho intramolecular Hbond substituents is 12. The minimum absolute atomic E-state index is 0.588. The van der Waals surface area contributed by atoms with Crippen LogP contribution in [0.2, 0.25) is 0 Å². The fourth-order valence-corrected chi connectivity index (χ4v) is 5.16. The van der Waals surface area contributed by atoms with Crippen LogP contribution in [-0.2, 0) is 23.7 Å². The maximum Gasteiger partial charge on any atom is 0.340 e. The van der Waals surface area contributed by atoms with Crippen molar-refractivity contribution in [3.63, 3.8) is 0 Å². The minimum Gasteiger partial charge on any atom is -0.504 e. The van der Waals surface area contributed by atoms with Crippen LogP contribution in [-0.4, -0.2) is 128 Å². The lowest BCUT2D eigenvalue weighted by molar-refractivity contribution is -0.283. The molecule has 4 aromatic rings. The highest BCUT2D eigenvalue weighted by Gasteiger charge is 2.54. The summed E-state index contributed by atoms with van der Waals surface area (Å²) < 4.78 is 27.3. The lowest BCUT2D eigenvalue weighted by atomic mass is 9.97. The van der Waals surface area contributed by atoms with Gasteiger partial charge in [0.05, 0.1) is 28.9 Å². The molecule has 0 unspecified atom stereocenters. The van der Waals surface area contributed by atoms with Crippen LogP contribution in [0.25, 0.3) is 0 Å². The van der Waals surface area contributed by atoms with Gasteiger partial charge in [-0.05, 0) is 48.5 Å². The van der Waals surface area contributed by atoms with E-state index in [9.17, 15) is 85.6 Å². The summed E-state index contributed by atoms with van der Waals surface area (Å²) in [4.78, 5) is 53.7. The van der Waals surface area contributed by atoms with Crippen LogP contribution in [0, 0.1) is 0 Å². The van der Waals surface area contributed by atoms with Gasteiger partial charge < -0.3 is 90.1 Å². The molecular weight excluding hydrogens is 760 g/mol. The number of aromatic hydroxyl groups is 12. The van der Waals surface area contributed by atoms with E-state index in [1.807, 2.05) is 0 Å². The zero-order valence-corrected chi connectivity index (χ0v) is 27.7. The van der Waals surface area contributed by atoms with Crippen molar-refractivity contribution in [3.05, 3.63) is 70.8 Å². The highest BCUT2D eigenvalue weighted by molar-refractivity contribution is 5.94. The summed E-state index contributed by atoms with van der Waals surface area (Å²) in [6.07, 6.45) is -11.2. The molecule has 5 rings (SSSR count). The number of phenols is 12. The molecule has 0 aliphatic carbocycles. The molecule has 4 aromatic carbocycles. The second kappa shape index (κ2) is 15.3. The second-order valence-corrected chi connectivity index (χ2v) is 11.7. The van der Waals surface area contributed by atoms with Crippen molar-refractivity contribution in [1.82, 2.24) is 0 Å². The SMILES string of the molecule is O=C(O[C@H]1O[C@H](CO)[C@@H](OC(=O)c2cc(O)c(O)c(O)c2)[C@H](OC(=O)c2cc(O)c(O)c(O)c2)[C@H]1OC(=O)c1cc(O)c(O)c(O)c1)c1cc(O)c(O)c(O)c1. The molecule has 0 spiro atoms. The average Bonchev–Trinajstić information content (AvgIpc) is 3.14. The second-order valence-electron chi connectivity index (χ2n) is 11.7. The van der Waals surface area contributed by atoms with Crippen LogP contribution in [0.3, 0.4) is 0 Å². The largest absolute Gasteiger partial charge is 0.504 e. The van der Waals surface area contributed by atoms with Gasteiger partial charge in [0.15, 0.2) is 81.2 Å². The molecule has 13 N–H and O–H groups in total. The summed E-state index contributed by atoms with van der Waals surface area (Å²) in [5, 5.41) is 129. The summed E-state index contributed by atoms with van der Waals surface area (Å²) in [6, 6.07) is 4.82. The number of aliphatic hydroxyl groups is 1. The highest BCUT2D eigenvalue weighted by atomic mass is 16.7. The predicted octanol–water partition coefficient (Wildman–Crippen LogP) is 0.705. The van der Waals surface area contributed by atoms with Gasteiger partial charge in [-0.1, -0.05) is 0 Å². The van der Waals surface area contributed by atoms with Gasteiger partial charge in [0.2, 0.25) is 12.4 Å². The minimum atomic E-state index is -2.38. The average molecular weight is 789 g/mol. The molecule has 1 heterocycles. The fraction of sp³-hybridized carbons (Fsp3) is 0.176. The van der Waals surface area contributed by atoms with Crippen molar-refractivity contribution in [1.29, 1.82) is 0 Å². The summed E-state index contributed by atoms with van der Waals surface area (Å²) >= 11 is 0. The Labute approximate surface area is 310 Å². The monoisotopic (exact) mass is 788 g/mol. The number of aliphatic hydroxyl groups excluding tert-OH is 1. The van der Waals surface area contributed by atoms with Gasteiger partial charge in [-0.3, -0.25) is 0 Å². The summed E-state index contributed by atoms with van der Waals surface area (Å²) in [6.45, 7) is -1.20. The Morgan fingerprint density at radius 2 is 0.661 bits per heavy atom. The van der Waals surface area contributed by atoms with Crippen molar-refractivity contribution in [3.8, 4) is 69.0 Å². The normalized spacial score (nSPS) is 19.1. The molecule has 1 aliphatic heterocycles. The van der Waals surface area contributed by atoms with E-state index in [-0.39, 0.29) is 0 Å². The third-order valence-electron chi connectivity index (χ3n) is 7.95. The van der Waals surface area contributed by atoms with Gasteiger partial charge >= 0.3 is 23.9 Å². The number of carbonyl (C=O) groups excluding carboxylic acids is 4. The molecule has 0 bridgehead atoms. The van der Waals surface area contributed by atoms with Crippen molar-refractivity contribution < 1.29 is 109 Å². The number of hydrogen-bond acceptors (Lipinski definition) is 22. The first-order valence-corrected chi connectivity index (χ1v) is 15.4. The molecule has 56 heavy (non-hydrogen) atoms. The summed E-state index contributed by atoms with van der Waals surface area (Å²) in [5.41, 5.74) is -2.84. The van der Waals surface area contributed by atoms with E-state index in [1.165, 1.54) is 0 Å². The Balaban J connectivity index is 1.64. The van der Waals surface area contributed by atoms with Crippen molar-refractivity contribution in [2.75, 3.05) is 6.61 Å². The predicted molar refractivity (Wildman–Crippen MR) is 175 cm³/mol. The molecule has 296 valence electrons. The summed E-state index contributed by atoms with van der Waals surface area (Å²) in [5.74, 6) is -18.6. The van der Waals surface area contributed by atoms with Crippen molar-refractivity contribution in [2.45, 2.75) is 30.7 Å². The van der Waals surface area contributed by atoms with Gasteiger partial charge in [0.1, 0.15) is 6.10 Å². The third kappa shape index (κ3) is 7.80. The quantitative estimate of drug-likeness (QED) is 0.0630. The van der Waals surface area contributed by atoms with Crippen LogP contribution in [0.4, 0.5) is 0 Å². The lowest BCUT2D eigenvalue weighted by Crippen LogP contribution is -2.63. The summed E-state index contributed by atoms with van der Waals surface area (Å²) in [7, 11) is 0. The number of rotatable bonds is 9. The zero-order chi connectivity index (χ0) is 41.3. The zero-order valence-electron chi connectivity index (χ0n) is 27.7. The number of esters is 4. The van der Waals surface area contributed by atoms with Crippen LogP contribution in [0.5, 0.6) is 69.0 Å². The van der Waals surface area contributed by atoms with Crippen molar-refractivity contribution in [2.24, 2.45) is 0 Å². The van der Waals surface area contributed by atoms with Crippen LogP contribution >= 0.6 is 0 Å². The van der Waals surface area contributed by atoms with E-state index in [0.717, 1.165) is 0 Å². The van der Waals surface area contributed by atoms with Gasteiger partial charge in [-0.25, -0.2) is 19.2 Å². The standard InChI is InChI=1S/C34H28O22/c35-9-22-27(53-30(48)10-1-14(36)23(44)15(37)2-10)28(54-31(49)11-3-16(38)24(45)17(39)4-11)29(55-32(50)12-5-18(40)25(46)19(41)6-12)34(52-22)56-33(51)13-7-20(42)26(47)21(43)8-13/h1-8,22,27-29,34-47H,9H2/t22-,27-,28+,29-,34-/m1/s1. The lowest BCUT2D eigenvalue weighted by Gasteiger charge is -2.43. The first-order valence-electron chi connectivity index (χ1n) is 15.4. The Kier molecular flexibility index (Phi) is 10.8. The Bertz CT molecular complexity index is 2140. The first kappa shape index (κ1) is 39.5. The van der Waals surface area contributed by atoms with Gasteiger partial charge in [0.25, 0.3) is 0 Å². The van der Waals surface area contributed by atoms with Crippen LogP contribution < -0.4 is 0 Å². The maximum absolute atomic E-state index is 13.6. The van der Waals surface area contributed by atoms with Crippen LogP contribution in [0.1, 0.15) is 41.4 Å². The highest BCUT2D eigenvalue weighted by Crippen LogP contribution is 2.40. The van der Waals surface area contributed by atoms with E-state index in [4.69, 9.17) is 23.7 Å². The molecular formula is C34H28O22. The molecule has 0 radical (unpaired) electrons. The molecule has 1 aliphatic rings. The fourth-order valence-electron chi connectivity index (χ4n) is 5.16. The molecule has 0 amide bonds. The molecule has 1 saturated heterocycles. The van der Waals surface area contributed by atoms with E-state index in [2.05, 4.69) is 0 Å². The smallest absolute Gasteiger partial charge is 0.340 e. The number of carbonyl (C=O) groups is 4. The number of ether oxygens (including phenoxy) is 5. The van der Waals surface area contributed by atoms with E-state index >= 15 is 0 Å². The van der Waals surface area contributed by atoms with Gasteiger partial charge in [0, 0.05) is 0 Å². The van der Waals surface area contributed by atoms with E-state index in [0.29, 0.717) is 48.5 Å². The first-order chi connectivity index (χ1) is 26.3. The molecule has 1 fully saturated rings. The van der Waals surface area contributed by atoms with Crippen molar-refractivity contribution >= 4 is 23.9 Å². The maximum atomic E-state index is 13.6. The Hall–Kier alpha value is -7.72. The Morgan fingerprint density at radius 3 is 0.946 bits per heavy atom. The number of hydrogen-bond donors (Lipinski definition) is 13. The number of benzene rings is 4. The van der Waals surface area contributed by atoms with Gasteiger partial charge in [-0.2, -0.15) is 0 Å². The van der Waals surface area contributed by atoms with Gasteiger partial charge in [-0.15, -0.1) is 0 Å². The molecule has 22 heteroatoms. The topological polar surface area (TPSA) is 377 Å². The molecule has 5 atom stereocenters.